The molecule has 2 atom stereocenters. The van der Waals surface area contributed by atoms with E-state index in [1.54, 1.807) is 0 Å². The zero-order valence-corrected chi connectivity index (χ0v) is 6.64. The topological polar surface area (TPSA) is 32.3 Å². The zero-order valence-electron chi connectivity index (χ0n) is 6.64. The third-order valence-corrected chi connectivity index (χ3v) is 2.10. The monoisotopic (exact) mass is 143 g/mol. The van der Waals surface area contributed by atoms with Crippen molar-refractivity contribution in [3.8, 4) is 0 Å². The van der Waals surface area contributed by atoms with Gasteiger partial charge >= 0.3 is 0 Å². The van der Waals surface area contributed by atoms with E-state index in [9.17, 15) is 0 Å². The van der Waals surface area contributed by atoms with E-state index in [0.717, 1.165) is 12.8 Å². The number of hydrogen-bond acceptors (Lipinski definition) is 2. The fourth-order valence-corrected chi connectivity index (χ4v) is 1.45. The van der Waals surface area contributed by atoms with Crippen LogP contribution in [0.2, 0.25) is 0 Å². The highest BCUT2D eigenvalue weighted by Crippen LogP contribution is 2.11. The number of aliphatic hydroxyl groups is 1. The number of aliphatic hydroxyl groups excluding tert-OH is 1. The Bertz CT molecular complexity index is 87.3. The van der Waals surface area contributed by atoms with E-state index in [-0.39, 0.29) is 6.10 Å². The van der Waals surface area contributed by atoms with Gasteiger partial charge in [0, 0.05) is 6.04 Å². The summed E-state index contributed by atoms with van der Waals surface area (Å²) in [6.07, 6.45) is 4.56. The van der Waals surface area contributed by atoms with Crippen molar-refractivity contribution in [3.63, 3.8) is 0 Å². The molecule has 1 heterocycles. The van der Waals surface area contributed by atoms with Crippen LogP contribution in [0.4, 0.5) is 0 Å². The molecule has 0 unspecified atom stereocenters. The summed E-state index contributed by atoms with van der Waals surface area (Å²) < 4.78 is 0. The van der Waals surface area contributed by atoms with Gasteiger partial charge in [0.05, 0.1) is 6.10 Å². The molecule has 2 heteroatoms. The van der Waals surface area contributed by atoms with E-state index in [1.165, 1.54) is 19.4 Å². The van der Waals surface area contributed by atoms with Crippen molar-refractivity contribution in [3.05, 3.63) is 0 Å². The first kappa shape index (κ1) is 8.02. The van der Waals surface area contributed by atoms with Crippen LogP contribution in [-0.4, -0.2) is 23.8 Å². The molecule has 1 aliphatic rings. The Balaban J connectivity index is 2.01. The van der Waals surface area contributed by atoms with E-state index in [4.69, 9.17) is 5.11 Å². The summed E-state index contributed by atoms with van der Waals surface area (Å²) in [6, 6.07) is 0.689. The molecule has 0 saturated carbocycles. The van der Waals surface area contributed by atoms with Crippen LogP contribution in [0.1, 0.15) is 32.6 Å². The lowest BCUT2D eigenvalue weighted by Gasteiger charge is -2.10. The average molecular weight is 143 g/mol. The lowest BCUT2D eigenvalue weighted by Crippen LogP contribution is -2.22. The third-order valence-electron chi connectivity index (χ3n) is 2.10. The van der Waals surface area contributed by atoms with Crippen LogP contribution in [0.5, 0.6) is 0 Å². The van der Waals surface area contributed by atoms with Crippen LogP contribution in [0, 0.1) is 0 Å². The van der Waals surface area contributed by atoms with Crippen molar-refractivity contribution in [2.24, 2.45) is 0 Å². The molecule has 10 heavy (non-hydrogen) atoms. The summed E-state index contributed by atoms with van der Waals surface area (Å²) in [6.45, 7) is 3.03. The number of hydrogen-bond donors (Lipinski definition) is 2. The van der Waals surface area contributed by atoms with Crippen LogP contribution < -0.4 is 5.32 Å². The van der Waals surface area contributed by atoms with E-state index in [0.29, 0.717) is 6.04 Å². The Morgan fingerprint density at radius 2 is 2.50 bits per heavy atom. The van der Waals surface area contributed by atoms with Crippen molar-refractivity contribution in [1.29, 1.82) is 0 Å². The second-order valence-electron chi connectivity index (χ2n) is 3.22. The number of rotatable bonds is 3. The van der Waals surface area contributed by atoms with Gasteiger partial charge in [0.15, 0.2) is 0 Å². The van der Waals surface area contributed by atoms with Crippen LogP contribution in [0.25, 0.3) is 0 Å². The van der Waals surface area contributed by atoms with Gasteiger partial charge < -0.3 is 10.4 Å². The molecule has 1 rings (SSSR count). The zero-order chi connectivity index (χ0) is 7.40. The van der Waals surface area contributed by atoms with Gasteiger partial charge in [0.25, 0.3) is 0 Å². The molecule has 0 radical (unpaired) electrons. The highest BCUT2D eigenvalue weighted by molar-refractivity contribution is 4.74. The van der Waals surface area contributed by atoms with Crippen molar-refractivity contribution >= 4 is 0 Å². The van der Waals surface area contributed by atoms with Gasteiger partial charge in [-0.1, -0.05) is 0 Å². The Kier molecular flexibility index (Phi) is 3.16. The quantitative estimate of drug-likeness (QED) is 0.615. The first-order chi connectivity index (χ1) is 4.79. The maximum atomic E-state index is 8.98. The molecular weight excluding hydrogens is 126 g/mol. The maximum Gasteiger partial charge on any atom is 0.0512 e. The highest BCUT2D eigenvalue weighted by Gasteiger charge is 2.13. The summed E-state index contributed by atoms with van der Waals surface area (Å²) in [5.41, 5.74) is 0. The molecule has 1 aliphatic heterocycles. The predicted octanol–water partition coefficient (Wildman–Crippen LogP) is 0.899. The Labute approximate surface area is 62.6 Å². The summed E-state index contributed by atoms with van der Waals surface area (Å²) in [4.78, 5) is 0. The molecule has 60 valence electrons. The minimum atomic E-state index is -0.123. The van der Waals surface area contributed by atoms with Gasteiger partial charge in [-0.05, 0) is 39.2 Å². The van der Waals surface area contributed by atoms with Gasteiger partial charge in [-0.25, -0.2) is 0 Å². The van der Waals surface area contributed by atoms with Crippen LogP contribution in [-0.2, 0) is 0 Å². The second kappa shape index (κ2) is 3.94. The Morgan fingerprint density at radius 1 is 1.70 bits per heavy atom. The SMILES string of the molecule is C[C@@H](O)CC[C@@H]1CCCN1. The number of nitrogens with one attached hydrogen (secondary N) is 1. The second-order valence-corrected chi connectivity index (χ2v) is 3.22. The molecule has 2 nitrogen and oxygen atoms in total. The summed E-state index contributed by atoms with van der Waals surface area (Å²) in [5.74, 6) is 0. The van der Waals surface area contributed by atoms with Crippen molar-refractivity contribution in [2.75, 3.05) is 6.54 Å². The van der Waals surface area contributed by atoms with Gasteiger partial charge in [0.2, 0.25) is 0 Å². The molecule has 0 bridgehead atoms. The molecule has 0 aromatic heterocycles. The van der Waals surface area contributed by atoms with Gasteiger partial charge in [-0.3, -0.25) is 0 Å². The Morgan fingerprint density at radius 3 is 3.00 bits per heavy atom. The van der Waals surface area contributed by atoms with Gasteiger partial charge in [0.1, 0.15) is 0 Å². The maximum absolute atomic E-state index is 8.98. The van der Waals surface area contributed by atoms with Gasteiger partial charge in [-0.15, -0.1) is 0 Å². The van der Waals surface area contributed by atoms with Crippen molar-refractivity contribution < 1.29 is 5.11 Å². The first-order valence-electron chi connectivity index (χ1n) is 4.20. The molecule has 1 saturated heterocycles. The van der Waals surface area contributed by atoms with E-state index in [1.807, 2.05) is 6.92 Å². The molecule has 1 fully saturated rings. The van der Waals surface area contributed by atoms with Gasteiger partial charge in [-0.2, -0.15) is 0 Å². The van der Waals surface area contributed by atoms with Crippen LogP contribution >= 0.6 is 0 Å². The lowest BCUT2D eigenvalue weighted by atomic mass is 10.1. The largest absolute Gasteiger partial charge is 0.393 e. The van der Waals surface area contributed by atoms with E-state index >= 15 is 0 Å². The minimum absolute atomic E-state index is 0.123. The molecule has 0 amide bonds. The van der Waals surface area contributed by atoms with E-state index in [2.05, 4.69) is 5.32 Å². The molecule has 0 aromatic rings. The van der Waals surface area contributed by atoms with Crippen molar-refractivity contribution in [2.45, 2.75) is 44.8 Å². The molecule has 2 N–H and O–H groups in total. The highest BCUT2D eigenvalue weighted by atomic mass is 16.3. The summed E-state index contributed by atoms with van der Waals surface area (Å²) >= 11 is 0. The average Bonchev–Trinajstić information content (AvgIpc) is 2.34. The first-order valence-corrected chi connectivity index (χ1v) is 4.20. The summed E-state index contributed by atoms with van der Waals surface area (Å²) in [5, 5.41) is 12.4. The predicted molar refractivity (Wildman–Crippen MR) is 41.9 cm³/mol. The van der Waals surface area contributed by atoms with Crippen molar-refractivity contribution in [1.82, 2.24) is 5.32 Å². The Hall–Kier alpha value is -0.0800. The lowest BCUT2D eigenvalue weighted by molar-refractivity contribution is 0.177. The fourth-order valence-electron chi connectivity index (χ4n) is 1.45. The molecular formula is C8H17NO. The molecule has 0 spiro atoms. The third kappa shape index (κ3) is 2.67. The van der Waals surface area contributed by atoms with Crippen LogP contribution in [0.3, 0.4) is 0 Å². The molecule has 0 aromatic carbocycles. The fraction of sp³-hybridized carbons (Fsp3) is 1.00. The smallest absolute Gasteiger partial charge is 0.0512 e. The standard InChI is InChI=1S/C8H17NO/c1-7(10)4-5-8-3-2-6-9-8/h7-10H,2-6H2,1H3/t7-,8+/m1/s1. The molecule has 0 aliphatic carbocycles. The van der Waals surface area contributed by atoms with E-state index < -0.39 is 0 Å². The normalized spacial score (nSPS) is 28.8. The minimum Gasteiger partial charge on any atom is -0.393 e. The summed E-state index contributed by atoms with van der Waals surface area (Å²) in [7, 11) is 0. The van der Waals surface area contributed by atoms with Crippen LogP contribution in [0.15, 0.2) is 0 Å².